The lowest BCUT2D eigenvalue weighted by atomic mass is 9.75. The Morgan fingerprint density at radius 1 is 1.17 bits per heavy atom. The molecule has 0 saturated carbocycles. The van der Waals surface area contributed by atoms with Crippen LogP contribution in [0.3, 0.4) is 0 Å². The van der Waals surface area contributed by atoms with Crippen molar-refractivity contribution < 1.29 is 14.0 Å². The number of anilines is 1. The van der Waals surface area contributed by atoms with Crippen molar-refractivity contribution in [2.75, 3.05) is 5.32 Å². The monoisotopic (exact) mass is 454 g/mol. The summed E-state index contributed by atoms with van der Waals surface area (Å²) in [7, 11) is 0. The molecule has 0 spiro atoms. The molecule has 2 N–H and O–H groups in total. The maximum absolute atomic E-state index is 13.3. The summed E-state index contributed by atoms with van der Waals surface area (Å²) in [6, 6.07) is 13.3. The summed E-state index contributed by atoms with van der Waals surface area (Å²) in [5.74, 6) is -1.05. The standard InChI is InChI=1S/C23H20BrFN2O2/c1-13-20(23(29)27-17-10-8-16(25)9-11-17)21(14-4-2-5-15(24)12-14)22-18(26-13)6-3-7-19(22)28/h2,4-5,8-12,21,26H,3,6-7H2,1H3,(H,27,29)/t21-/m1/s1. The summed E-state index contributed by atoms with van der Waals surface area (Å²) in [5, 5.41) is 6.14. The average Bonchev–Trinajstić information content (AvgIpc) is 2.69. The molecule has 1 aliphatic carbocycles. The minimum Gasteiger partial charge on any atom is -0.362 e. The molecule has 4 nitrogen and oxygen atoms in total. The molecule has 0 unspecified atom stereocenters. The van der Waals surface area contributed by atoms with Crippen LogP contribution in [0.1, 0.15) is 37.7 Å². The Kier molecular flexibility index (Phi) is 5.37. The van der Waals surface area contributed by atoms with Crippen molar-refractivity contribution in [3.8, 4) is 0 Å². The van der Waals surface area contributed by atoms with Gasteiger partial charge in [-0.3, -0.25) is 9.59 Å². The van der Waals surface area contributed by atoms with Gasteiger partial charge < -0.3 is 10.6 Å². The number of amides is 1. The summed E-state index contributed by atoms with van der Waals surface area (Å²) >= 11 is 3.50. The van der Waals surface area contributed by atoms with Gasteiger partial charge in [-0.05, 0) is 61.7 Å². The molecular formula is C23H20BrFN2O2. The van der Waals surface area contributed by atoms with E-state index in [2.05, 4.69) is 26.6 Å². The van der Waals surface area contributed by atoms with Crippen molar-refractivity contribution in [2.45, 2.75) is 32.1 Å². The Morgan fingerprint density at radius 3 is 2.66 bits per heavy atom. The van der Waals surface area contributed by atoms with Gasteiger partial charge >= 0.3 is 0 Å². The topological polar surface area (TPSA) is 58.2 Å². The molecule has 0 bridgehead atoms. The molecule has 6 heteroatoms. The predicted molar refractivity (Wildman–Crippen MR) is 114 cm³/mol. The molecule has 1 amide bonds. The van der Waals surface area contributed by atoms with Crippen LogP contribution in [-0.4, -0.2) is 11.7 Å². The zero-order valence-corrected chi connectivity index (χ0v) is 17.5. The molecule has 0 radical (unpaired) electrons. The molecule has 2 aromatic carbocycles. The van der Waals surface area contributed by atoms with E-state index in [0.29, 0.717) is 23.3 Å². The molecule has 0 aromatic heterocycles. The number of ketones is 1. The van der Waals surface area contributed by atoms with Crippen LogP contribution in [0, 0.1) is 5.82 Å². The largest absolute Gasteiger partial charge is 0.362 e. The van der Waals surface area contributed by atoms with Crippen LogP contribution in [0.2, 0.25) is 0 Å². The van der Waals surface area contributed by atoms with E-state index in [-0.39, 0.29) is 17.5 Å². The van der Waals surface area contributed by atoms with Gasteiger partial charge in [-0.2, -0.15) is 0 Å². The molecule has 29 heavy (non-hydrogen) atoms. The second-order valence-electron chi connectivity index (χ2n) is 7.28. The van der Waals surface area contributed by atoms with E-state index < -0.39 is 5.92 Å². The molecule has 4 rings (SSSR count). The van der Waals surface area contributed by atoms with Gasteiger partial charge in [0.2, 0.25) is 0 Å². The highest BCUT2D eigenvalue weighted by atomic mass is 79.9. The number of benzene rings is 2. The highest BCUT2D eigenvalue weighted by molar-refractivity contribution is 9.10. The van der Waals surface area contributed by atoms with Crippen molar-refractivity contribution >= 4 is 33.3 Å². The fourth-order valence-electron chi connectivity index (χ4n) is 4.04. The van der Waals surface area contributed by atoms with E-state index in [1.165, 1.54) is 24.3 Å². The van der Waals surface area contributed by atoms with Crippen LogP contribution in [0.5, 0.6) is 0 Å². The quantitative estimate of drug-likeness (QED) is 0.670. The van der Waals surface area contributed by atoms with Gasteiger partial charge in [0.25, 0.3) is 5.91 Å². The maximum Gasteiger partial charge on any atom is 0.254 e. The first-order chi connectivity index (χ1) is 13.9. The molecule has 1 atom stereocenters. The zero-order chi connectivity index (χ0) is 20.5. The van der Waals surface area contributed by atoms with Gasteiger partial charge in [0.15, 0.2) is 5.78 Å². The first-order valence-electron chi connectivity index (χ1n) is 9.50. The Balaban J connectivity index is 1.78. The summed E-state index contributed by atoms with van der Waals surface area (Å²) in [5.41, 5.74) is 4.18. The number of hydrogen-bond donors (Lipinski definition) is 2. The number of carbonyl (C=O) groups excluding carboxylic acids is 2. The minimum absolute atomic E-state index is 0.0725. The van der Waals surface area contributed by atoms with Crippen molar-refractivity contribution in [3.05, 3.63) is 86.9 Å². The Morgan fingerprint density at radius 2 is 1.93 bits per heavy atom. The van der Waals surface area contributed by atoms with E-state index in [1.54, 1.807) is 0 Å². The second kappa shape index (κ2) is 7.95. The third kappa shape index (κ3) is 3.90. The molecule has 0 fully saturated rings. The van der Waals surface area contributed by atoms with E-state index in [4.69, 9.17) is 0 Å². The van der Waals surface area contributed by atoms with Crippen molar-refractivity contribution in [2.24, 2.45) is 0 Å². The third-order valence-corrected chi connectivity index (χ3v) is 5.80. The summed E-state index contributed by atoms with van der Waals surface area (Å²) in [4.78, 5) is 26.1. The maximum atomic E-state index is 13.3. The minimum atomic E-state index is -0.447. The van der Waals surface area contributed by atoms with Crippen molar-refractivity contribution in [3.63, 3.8) is 0 Å². The molecule has 1 heterocycles. The van der Waals surface area contributed by atoms with Crippen LogP contribution in [0.4, 0.5) is 10.1 Å². The van der Waals surface area contributed by atoms with Gasteiger partial charge in [-0.25, -0.2) is 4.39 Å². The lowest BCUT2D eigenvalue weighted by Gasteiger charge is -2.34. The Bertz CT molecular complexity index is 1060. The van der Waals surface area contributed by atoms with Gasteiger partial charge in [-0.15, -0.1) is 0 Å². The van der Waals surface area contributed by atoms with Gasteiger partial charge in [-0.1, -0.05) is 28.1 Å². The fraction of sp³-hybridized carbons (Fsp3) is 0.217. The predicted octanol–water partition coefficient (Wildman–Crippen LogP) is 5.19. The number of Topliss-reactive ketones (excluding diaryl/α,β-unsaturated/α-hetero) is 1. The Hall–Kier alpha value is -2.73. The number of hydrogen-bond acceptors (Lipinski definition) is 3. The highest BCUT2D eigenvalue weighted by Gasteiger charge is 2.38. The summed E-state index contributed by atoms with van der Waals surface area (Å²) < 4.78 is 14.1. The molecule has 0 saturated heterocycles. The van der Waals surface area contributed by atoms with Crippen LogP contribution < -0.4 is 10.6 Å². The molecule has 2 aromatic rings. The number of nitrogens with one attached hydrogen (secondary N) is 2. The third-order valence-electron chi connectivity index (χ3n) is 5.30. The summed E-state index contributed by atoms with van der Waals surface area (Å²) in [6.07, 6.45) is 2.08. The lowest BCUT2D eigenvalue weighted by Crippen LogP contribution is -2.35. The van der Waals surface area contributed by atoms with Crippen LogP contribution >= 0.6 is 15.9 Å². The van der Waals surface area contributed by atoms with E-state index in [1.807, 2.05) is 31.2 Å². The highest BCUT2D eigenvalue weighted by Crippen LogP contribution is 2.42. The van der Waals surface area contributed by atoms with Crippen LogP contribution in [-0.2, 0) is 9.59 Å². The van der Waals surface area contributed by atoms with Crippen LogP contribution in [0.15, 0.2) is 75.5 Å². The Labute approximate surface area is 177 Å². The van der Waals surface area contributed by atoms with Crippen molar-refractivity contribution in [1.29, 1.82) is 0 Å². The van der Waals surface area contributed by atoms with Gasteiger partial charge in [0, 0.05) is 45.0 Å². The first kappa shape index (κ1) is 19.6. The SMILES string of the molecule is CC1=C(C(=O)Nc2ccc(F)cc2)[C@@H](c2cccc(Br)c2)C2=C(CCCC2=O)N1. The zero-order valence-electron chi connectivity index (χ0n) is 15.9. The number of allylic oxidation sites excluding steroid dienone is 3. The lowest BCUT2D eigenvalue weighted by molar-refractivity contribution is -0.116. The summed E-state index contributed by atoms with van der Waals surface area (Å²) in [6.45, 7) is 1.85. The van der Waals surface area contributed by atoms with E-state index >= 15 is 0 Å². The number of halogens is 2. The molecule has 2 aliphatic rings. The average molecular weight is 455 g/mol. The fourth-order valence-corrected chi connectivity index (χ4v) is 4.45. The normalized spacial score (nSPS) is 19.0. The number of dihydropyridines is 1. The van der Waals surface area contributed by atoms with Gasteiger partial charge in [0.05, 0.1) is 0 Å². The van der Waals surface area contributed by atoms with Crippen molar-refractivity contribution in [1.82, 2.24) is 5.32 Å². The molecule has 1 aliphatic heterocycles. The smallest absolute Gasteiger partial charge is 0.254 e. The number of carbonyl (C=O) groups is 2. The molecule has 148 valence electrons. The molecular weight excluding hydrogens is 435 g/mol. The van der Waals surface area contributed by atoms with E-state index in [0.717, 1.165) is 34.3 Å². The number of rotatable bonds is 3. The van der Waals surface area contributed by atoms with Crippen LogP contribution in [0.25, 0.3) is 0 Å². The van der Waals surface area contributed by atoms with E-state index in [9.17, 15) is 14.0 Å². The first-order valence-corrected chi connectivity index (χ1v) is 10.3. The second-order valence-corrected chi connectivity index (χ2v) is 8.20. The van der Waals surface area contributed by atoms with Gasteiger partial charge in [0.1, 0.15) is 5.82 Å².